The Hall–Kier alpha value is -1.31. The van der Waals surface area contributed by atoms with Gasteiger partial charge in [-0.1, -0.05) is 18.2 Å². The first-order valence-corrected chi connectivity index (χ1v) is 7.76. The van der Waals surface area contributed by atoms with Gasteiger partial charge in [-0.25, -0.2) is 0 Å². The second kappa shape index (κ2) is 3.41. The van der Waals surface area contributed by atoms with Gasteiger partial charge in [-0.15, -0.1) is 0 Å². The molecule has 0 radical (unpaired) electrons. The number of aromatic amines is 1. The third-order valence-electron chi connectivity index (χ3n) is 6.03. The maximum Gasteiger partial charge on any atom is 0.0923 e. The van der Waals surface area contributed by atoms with Crippen LogP contribution < -0.4 is 0 Å². The Balaban J connectivity index is 1.69. The average molecular weight is 252 g/mol. The first-order valence-electron chi connectivity index (χ1n) is 7.76. The van der Waals surface area contributed by atoms with Crippen LogP contribution >= 0.6 is 0 Å². The fourth-order valence-electron chi connectivity index (χ4n) is 5.78. The number of benzene rings is 1. The molecule has 0 spiro atoms. The van der Waals surface area contributed by atoms with Crippen LogP contribution in [0.1, 0.15) is 44.2 Å². The Bertz CT molecular complexity index is 604. The van der Waals surface area contributed by atoms with E-state index in [2.05, 4.69) is 34.5 Å². The van der Waals surface area contributed by atoms with E-state index in [0.717, 1.165) is 23.3 Å². The quantitative estimate of drug-likeness (QED) is 0.815. The number of fused-ring (bicyclic) bond motifs is 1. The zero-order valence-electron chi connectivity index (χ0n) is 11.2. The maximum atomic E-state index is 4.55. The summed E-state index contributed by atoms with van der Waals surface area (Å²) in [5, 5.41) is 9.35. The van der Waals surface area contributed by atoms with E-state index in [1.165, 1.54) is 49.6 Å². The van der Waals surface area contributed by atoms with Gasteiger partial charge in [0.2, 0.25) is 0 Å². The zero-order valence-corrected chi connectivity index (χ0v) is 11.2. The first-order chi connectivity index (χ1) is 9.32. The highest BCUT2D eigenvalue weighted by molar-refractivity contribution is 5.82. The van der Waals surface area contributed by atoms with Crippen LogP contribution in [0.4, 0.5) is 0 Å². The van der Waals surface area contributed by atoms with Crippen LogP contribution in [0.5, 0.6) is 0 Å². The van der Waals surface area contributed by atoms with Crippen molar-refractivity contribution in [2.45, 2.75) is 43.9 Å². The minimum Gasteiger partial charge on any atom is -0.281 e. The SMILES string of the molecule is c1ccc2c(C34CC5CC(CC(C5)C3)C4)[nH]nc2c1. The fourth-order valence-corrected chi connectivity index (χ4v) is 5.78. The van der Waals surface area contributed by atoms with E-state index in [1.807, 2.05) is 0 Å². The standard InChI is InChI=1S/C17H20N2/c1-2-4-15-14(3-1)16(19-18-15)17-8-11-5-12(9-17)7-13(6-11)10-17/h1-4,11-13H,5-10H2,(H,18,19). The molecule has 0 amide bonds. The molecule has 2 aromatic rings. The smallest absolute Gasteiger partial charge is 0.0923 e. The Morgan fingerprint density at radius 3 is 2.26 bits per heavy atom. The summed E-state index contributed by atoms with van der Waals surface area (Å²) < 4.78 is 0. The lowest BCUT2D eigenvalue weighted by Gasteiger charge is -2.56. The van der Waals surface area contributed by atoms with E-state index in [9.17, 15) is 0 Å². The third-order valence-corrected chi connectivity index (χ3v) is 6.03. The van der Waals surface area contributed by atoms with Gasteiger partial charge < -0.3 is 0 Å². The molecule has 1 heterocycles. The van der Waals surface area contributed by atoms with Crippen LogP contribution in [0.2, 0.25) is 0 Å². The number of aromatic nitrogens is 2. The number of nitrogens with one attached hydrogen (secondary N) is 1. The predicted molar refractivity (Wildman–Crippen MR) is 75.9 cm³/mol. The molecule has 4 bridgehead atoms. The molecule has 2 nitrogen and oxygen atoms in total. The summed E-state index contributed by atoms with van der Waals surface area (Å²) in [7, 11) is 0. The molecule has 0 saturated heterocycles. The summed E-state index contributed by atoms with van der Waals surface area (Å²) in [6.45, 7) is 0. The van der Waals surface area contributed by atoms with E-state index in [-0.39, 0.29) is 0 Å². The second-order valence-electron chi connectivity index (χ2n) is 7.31. The minimum atomic E-state index is 0.435. The van der Waals surface area contributed by atoms with Crippen molar-refractivity contribution in [3.05, 3.63) is 30.0 Å². The molecular formula is C17H20N2. The Kier molecular flexibility index (Phi) is 1.88. The lowest BCUT2D eigenvalue weighted by molar-refractivity contribution is -0.00655. The van der Waals surface area contributed by atoms with Crippen LogP contribution in [0, 0.1) is 17.8 Å². The normalized spacial score (nSPS) is 40.1. The second-order valence-corrected chi connectivity index (χ2v) is 7.31. The summed E-state index contributed by atoms with van der Waals surface area (Å²) in [5.74, 6) is 2.98. The zero-order chi connectivity index (χ0) is 12.4. The molecule has 98 valence electrons. The number of H-pyrrole nitrogens is 1. The van der Waals surface area contributed by atoms with Crippen molar-refractivity contribution in [1.29, 1.82) is 0 Å². The van der Waals surface area contributed by atoms with Crippen LogP contribution in [0.3, 0.4) is 0 Å². The monoisotopic (exact) mass is 252 g/mol. The van der Waals surface area contributed by atoms with E-state index < -0.39 is 0 Å². The number of hydrogen-bond acceptors (Lipinski definition) is 1. The van der Waals surface area contributed by atoms with Crippen LogP contribution in [-0.2, 0) is 5.41 Å². The van der Waals surface area contributed by atoms with E-state index >= 15 is 0 Å². The molecule has 0 unspecified atom stereocenters. The lowest BCUT2D eigenvalue weighted by Crippen LogP contribution is -2.48. The summed E-state index contributed by atoms with van der Waals surface area (Å²) in [5.41, 5.74) is 3.04. The lowest BCUT2D eigenvalue weighted by atomic mass is 9.48. The molecule has 1 aromatic carbocycles. The third kappa shape index (κ3) is 1.35. The molecule has 0 aliphatic heterocycles. The molecule has 4 saturated carbocycles. The number of nitrogens with zero attached hydrogens (tertiary/aromatic N) is 1. The molecule has 4 aliphatic carbocycles. The van der Waals surface area contributed by atoms with Crippen LogP contribution in [-0.4, -0.2) is 10.2 Å². The maximum absolute atomic E-state index is 4.55. The highest BCUT2D eigenvalue weighted by atomic mass is 15.1. The molecule has 0 atom stereocenters. The van der Waals surface area contributed by atoms with E-state index in [1.54, 1.807) is 0 Å². The predicted octanol–water partition coefficient (Wildman–Crippen LogP) is 4.03. The summed E-state index contributed by atoms with van der Waals surface area (Å²) >= 11 is 0. The Morgan fingerprint density at radius 2 is 1.58 bits per heavy atom. The van der Waals surface area contributed by atoms with Crippen molar-refractivity contribution in [1.82, 2.24) is 10.2 Å². The number of hydrogen-bond donors (Lipinski definition) is 1. The Labute approximate surface area is 113 Å². The molecule has 4 aliphatic rings. The minimum absolute atomic E-state index is 0.435. The molecule has 6 rings (SSSR count). The number of para-hydroxylation sites is 1. The van der Waals surface area contributed by atoms with Crippen LogP contribution in [0.15, 0.2) is 24.3 Å². The summed E-state index contributed by atoms with van der Waals surface area (Å²) in [6, 6.07) is 8.64. The summed E-state index contributed by atoms with van der Waals surface area (Å²) in [4.78, 5) is 0. The van der Waals surface area contributed by atoms with Gasteiger partial charge in [0.25, 0.3) is 0 Å². The van der Waals surface area contributed by atoms with Gasteiger partial charge >= 0.3 is 0 Å². The molecule has 1 aromatic heterocycles. The molecular weight excluding hydrogens is 232 g/mol. The molecule has 4 fully saturated rings. The van der Waals surface area contributed by atoms with Gasteiger partial charge in [0.05, 0.1) is 5.52 Å². The molecule has 2 heteroatoms. The van der Waals surface area contributed by atoms with Gasteiger partial charge in [0, 0.05) is 16.5 Å². The fraction of sp³-hybridized carbons (Fsp3) is 0.588. The highest BCUT2D eigenvalue weighted by Crippen LogP contribution is 2.61. The number of rotatable bonds is 1. The van der Waals surface area contributed by atoms with Crippen molar-refractivity contribution in [2.75, 3.05) is 0 Å². The Morgan fingerprint density at radius 1 is 0.947 bits per heavy atom. The van der Waals surface area contributed by atoms with Gasteiger partial charge in [-0.3, -0.25) is 5.10 Å². The van der Waals surface area contributed by atoms with Crippen LogP contribution in [0.25, 0.3) is 10.9 Å². The van der Waals surface area contributed by atoms with E-state index in [0.29, 0.717) is 5.41 Å². The topological polar surface area (TPSA) is 28.7 Å². The molecule has 19 heavy (non-hydrogen) atoms. The summed E-state index contributed by atoms with van der Waals surface area (Å²) in [6.07, 6.45) is 8.74. The van der Waals surface area contributed by atoms with Crippen molar-refractivity contribution < 1.29 is 0 Å². The van der Waals surface area contributed by atoms with Crippen molar-refractivity contribution in [3.63, 3.8) is 0 Å². The van der Waals surface area contributed by atoms with Crippen molar-refractivity contribution >= 4 is 10.9 Å². The van der Waals surface area contributed by atoms with Gasteiger partial charge in [0.15, 0.2) is 0 Å². The van der Waals surface area contributed by atoms with Gasteiger partial charge in [0.1, 0.15) is 0 Å². The highest BCUT2D eigenvalue weighted by Gasteiger charge is 2.52. The molecule has 1 N–H and O–H groups in total. The van der Waals surface area contributed by atoms with Crippen molar-refractivity contribution in [2.24, 2.45) is 17.8 Å². The van der Waals surface area contributed by atoms with Gasteiger partial charge in [-0.05, 0) is 62.3 Å². The van der Waals surface area contributed by atoms with Gasteiger partial charge in [-0.2, -0.15) is 5.10 Å². The average Bonchev–Trinajstić information content (AvgIpc) is 2.81. The first kappa shape index (κ1) is 10.5. The van der Waals surface area contributed by atoms with E-state index in [4.69, 9.17) is 0 Å². The largest absolute Gasteiger partial charge is 0.281 e. The van der Waals surface area contributed by atoms with Crippen molar-refractivity contribution in [3.8, 4) is 0 Å².